The van der Waals surface area contributed by atoms with Crippen LogP contribution in [0.25, 0.3) is 0 Å². The topological polar surface area (TPSA) is 12.0 Å². The van der Waals surface area contributed by atoms with Crippen molar-refractivity contribution in [1.82, 2.24) is 5.32 Å². The molecule has 1 aromatic rings. The lowest BCUT2D eigenvalue weighted by molar-refractivity contribution is 0.397. The Balaban J connectivity index is 1.78. The second kappa shape index (κ2) is 5.11. The van der Waals surface area contributed by atoms with Gasteiger partial charge in [-0.25, -0.2) is 0 Å². The number of hydrogen-bond donors (Lipinski definition) is 1. The molecule has 1 unspecified atom stereocenters. The molecule has 17 heavy (non-hydrogen) atoms. The van der Waals surface area contributed by atoms with E-state index in [0.717, 1.165) is 6.04 Å². The van der Waals surface area contributed by atoms with E-state index in [-0.39, 0.29) is 0 Å². The molecule has 0 radical (unpaired) electrons. The first-order chi connectivity index (χ1) is 8.33. The van der Waals surface area contributed by atoms with Crippen LogP contribution >= 0.6 is 15.9 Å². The highest BCUT2D eigenvalue weighted by atomic mass is 79.9. The molecule has 3 rings (SSSR count). The highest BCUT2D eigenvalue weighted by Crippen LogP contribution is 2.33. The first-order valence-electron chi connectivity index (χ1n) is 6.87. The van der Waals surface area contributed by atoms with Crippen LogP contribution in [0.5, 0.6) is 0 Å². The minimum absolute atomic E-state index is 0.606. The number of benzene rings is 1. The third kappa shape index (κ3) is 2.58. The smallest absolute Gasteiger partial charge is 0.0325 e. The van der Waals surface area contributed by atoms with Gasteiger partial charge in [-0.3, -0.25) is 0 Å². The van der Waals surface area contributed by atoms with E-state index in [1.807, 2.05) is 0 Å². The van der Waals surface area contributed by atoms with Crippen LogP contribution in [0.2, 0.25) is 0 Å². The van der Waals surface area contributed by atoms with Gasteiger partial charge in [-0.2, -0.15) is 0 Å². The van der Waals surface area contributed by atoms with Crippen LogP contribution in [0, 0.1) is 0 Å². The molecular formula is C15H20BrN. The molecule has 1 fully saturated rings. The number of aryl methyl sites for hydroxylation is 1. The highest BCUT2D eigenvalue weighted by molar-refractivity contribution is 9.10. The van der Waals surface area contributed by atoms with Crippen molar-refractivity contribution in [2.24, 2.45) is 0 Å². The summed E-state index contributed by atoms with van der Waals surface area (Å²) in [6.45, 7) is 0. The number of nitrogens with one attached hydrogen (secondary N) is 1. The summed E-state index contributed by atoms with van der Waals surface area (Å²) in [5, 5.41) is 3.88. The minimum Gasteiger partial charge on any atom is -0.307 e. The molecule has 2 heteroatoms. The summed E-state index contributed by atoms with van der Waals surface area (Å²) in [5.41, 5.74) is 3.09. The van der Waals surface area contributed by atoms with Crippen LogP contribution in [0.1, 0.15) is 55.7 Å². The molecule has 1 saturated carbocycles. The first kappa shape index (κ1) is 11.7. The molecule has 0 aliphatic heterocycles. The third-order valence-corrected chi connectivity index (χ3v) is 4.70. The largest absolute Gasteiger partial charge is 0.307 e. The molecule has 1 N–H and O–H groups in total. The van der Waals surface area contributed by atoms with E-state index in [1.165, 1.54) is 49.4 Å². The summed E-state index contributed by atoms with van der Waals surface area (Å²) in [5.74, 6) is 0. The fourth-order valence-electron chi connectivity index (χ4n) is 3.33. The van der Waals surface area contributed by atoms with Crippen molar-refractivity contribution in [1.29, 1.82) is 0 Å². The Bertz CT molecular complexity index is 396. The van der Waals surface area contributed by atoms with Gasteiger partial charge >= 0.3 is 0 Å². The van der Waals surface area contributed by atoms with Crippen LogP contribution in [-0.4, -0.2) is 6.04 Å². The van der Waals surface area contributed by atoms with Gasteiger partial charge in [0.2, 0.25) is 0 Å². The average Bonchev–Trinajstić information content (AvgIpc) is 2.82. The van der Waals surface area contributed by atoms with Gasteiger partial charge in [-0.15, -0.1) is 0 Å². The van der Waals surface area contributed by atoms with Gasteiger partial charge in [-0.05, 0) is 55.4 Å². The molecular weight excluding hydrogens is 274 g/mol. The van der Waals surface area contributed by atoms with Gasteiger partial charge in [-0.1, -0.05) is 34.8 Å². The van der Waals surface area contributed by atoms with Gasteiger partial charge < -0.3 is 5.32 Å². The van der Waals surface area contributed by atoms with Crippen molar-refractivity contribution < 1.29 is 0 Å². The summed E-state index contributed by atoms with van der Waals surface area (Å²) in [7, 11) is 0. The molecule has 0 spiro atoms. The first-order valence-corrected chi connectivity index (χ1v) is 7.66. The lowest BCUT2D eigenvalue weighted by atomic mass is 9.87. The number of rotatable bonds is 2. The van der Waals surface area contributed by atoms with Crippen LogP contribution < -0.4 is 5.32 Å². The van der Waals surface area contributed by atoms with E-state index >= 15 is 0 Å². The van der Waals surface area contributed by atoms with Crippen LogP contribution in [-0.2, 0) is 6.42 Å². The van der Waals surface area contributed by atoms with Crippen molar-refractivity contribution in [3.63, 3.8) is 0 Å². The standard InChI is InChI=1S/C15H20BrN/c16-12-8-9-14-11(10-12)4-3-7-15(14)17-13-5-1-2-6-13/h8-10,13,15,17H,1-7H2. The zero-order chi connectivity index (χ0) is 11.7. The number of halogens is 1. The van der Waals surface area contributed by atoms with Crippen LogP contribution in [0.3, 0.4) is 0 Å². The maximum absolute atomic E-state index is 3.88. The lowest BCUT2D eigenvalue weighted by Gasteiger charge is -2.29. The summed E-state index contributed by atoms with van der Waals surface area (Å²) >= 11 is 3.58. The third-order valence-electron chi connectivity index (χ3n) is 4.21. The van der Waals surface area contributed by atoms with Crippen molar-refractivity contribution in [2.45, 2.75) is 57.0 Å². The Morgan fingerprint density at radius 3 is 2.71 bits per heavy atom. The Labute approximate surface area is 112 Å². The Hall–Kier alpha value is -0.340. The predicted molar refractivity (Wildman–Crippen MR) is 75.2 cm³/mol. The normalized spacial score (nSPS) is 24.9. The summed E-state index contributed by atoms with van der Waals surface area (Å²) in [6, 6.07) is 8.18. The monoisotopic (exact) mass is 293 g/mol. The predicted octanol–water partition coefficient (Wildman–Crippen LogP) is 4.36. The molecule has 92 valence electrons. The summed E-state index contributed by atoms with van der Waals surface area (Å²) in [4.78, 5) is 0. The SMILES string of the molecule is Brc1ccc2c(c1)CCCC2NC1CCCC1. The van der Waals surface area contributed by atoms with E-state index in [0.29, 0.717) is 6.04 Å². The minimum atomic E-state index is 0.606. The quantitative estimate of drug-likeness (QED) is 0.854. The van der Waals surface area contributed by atoms with E-state index < -0.39 is 0 Å². The fraction of sp³-hybridized carbons (Fsp3) is 0.600. The average molecular weight is 294 g/mol. The van der Waals surface area contributed by atoms with Crippen molar-refractivity contribution in [2.75, 3.05) is 0 Å². The second-order valence-electron chi connectivity index (χ2n) is 5.44. The second-order valence-corrected chi connectivity index (χ2v) is 6.35. The van der Waals surface area contributed by atoms with Crippen LogP contribution in [0.15, 0.2) is 22.7 Å². The maximum atomic E-state index is 3.88. The van der Waals surface area contributed by atoms with E-state index in [2.05, 4.69) is 39.4 Å². The van der Waals surface area contributed by atoms with Crippen LogP contribution in [0.4, 0.5) is 0 Å². The lowest BCUT2D eigenvalue weighted by Crippen LogP contribution is -2.32. The van der Waals surface area contributed by atoms with Gasteiger partial charge in [0.1, 0.15) is 0 Å². The van der Waals surface area contributed by atoms with Crippen molar-refractivity contribution in [3.8, 4) is 0 Å². The fourth-order valence-corrected chi connectivity index (χ4v) is 3.74. The summed E-state index contributed by atoms with van der Waals surface area (Å²) < 4.78 is 1.22. The van der Waals surface area contributed by atoms with Crippen molar-refractivity contribution >= 4 is 15.9 Å². The molecule has 1 atom stereocenters. The zero-order valence-electron chi connectivity index (χ0n) is 10.2. The van der Waals surface area contributed by atoms with Gasteiger partial charge in [0.15, 0.2) is 0 Å². The highest BCUT2D eigenvalue weighted by Gasteiger charge is 2.24. The molecule has 1 nitrogen and oxygen atoms in total. The van der Waals surface area contributed by atoms with Gasteiger partial charge in [0.25, 0.3) is 0 Å². The Morgan fingerprint density at radius 2 is 1.88 bits per heavy atom. The summed E-state index contributed by atoms with van der Waals surface area (Å²) in [6.07, 6.45) is 9.47. The molecule has 0 amide bonds. The molecule has 2 aliphatic carbocycles. The van der Waals surface area contributed by atoms with E-state index in [9.17, 15) is 0 Å². The van der Waals surface area contributed by atoms with E-state index in [1.54, 1.807) is 11.1 Å². The van der Waals surface area contributed by atoms with E-state index in [4.69, 9.17) is 0 Å². The molecule has 0 aromatic heterocycles. The Kier molecular flexibility index (Phi) is 3.53. The maximum Gasteiger partial charge on any atom is 0.0325 e. The molecule has 2 aliphatic rings. The Morgan fingerprint density at radius 1 is 1.06 bits per heavy atom. The molecule has 1 aromatic carbocycles. The molecule has 0 saturated heterocycles. The zero-order valence-corrected chi connectivity index (χ0v) is 11.8. The van der Waals surface area contributed by atoms with Crippen molar-refractivity contribution in [3.05, 3.63) is 33.8 Å². The molecule has 0 heterocycles. The number of fused-ring (bicyclic) bond motifs is 1. The van der Waals surface area contributed by atoms with Gasteiger partial charge in [0.05, 0.1) is 0 Å². The number of hydrogen-bond acceptors (Lipinski definition) is 1. The molecule has 0 bridgehead atoms. The van der Waals surface area contributed by atoms with Gasteiger partial charge in [0, 0.05) is 16.6 Å².